The Morgan fingerprint density at radius 2 is 0.964 bits per heavy atom. The van der Waals surface area contributed by atoms with Crippen molar-refractivity contribution < 1.29 is 19.1 Å². The van der Waals surface area contributed by atoms with Crippen molar-refractivity contribution in [2.24, 2.45) is 23.7 Å². The smallest absolute Gasteiger partial charge is 0.338 e. The van der Waals surface area contributed by atoms with Gasteiger partial charge in [0.1, 0.15) is 0 Å². The van der Waals surface area contributed by atoms with Crippen LogP contribution in [0.25, 0.3) is 0 Å². The molecule has 0 amide bonds. The van der Waals surface area contributed by atoms with Crippen molar-refractivity contribution in [1.82, 2.24) is 0 Å². The number of hydrogen-bond donors (Lipinski definition) is 0. The van der Waals surface area contributed by atoms with Crippen molar-refractivity contribution in [1.29, 1.82) is 0 Å². The van der Waals surface area contributed by atoms with E-state index >= 15 is 0 Å². The van der Waals surface area contributed by atoms with Crippen molar-refractivity contribution >= 4 is 11.9 Å². The molecule has 0 saturated carbocycles. The summed E-state index contributed by atoms with van der Waals surface area (Å²) in [5.74, 6) is 0.107. The van der Waals surface area contributed by atoms with Crippen LogP contribution in [0.2, 0.25) is 0 Å². The molecule has 2 aromatic rings. The van der Waals surface area contributed by atoms with Crippen LogP contribution in [-0.2, 0) is 9.47 Å². The van der Waals surface area contributed by atoms with Gasteiger partial charge in [-0.05, 0) is 36.1 Å². The molecule has 0 spiro atoms. The van der Waals surface area contributed by atoms with E-state index in [-0.39, 0.29) is 35.6 Å². The van der Waals surface area contributed by atoms with Gasteiger partial charge in [-0.15, -0.1) is 0 Å². The van der Waals surface area contributed by atoms with Crippen molar-refractivity contribution in [2.75, 3.05) is 13.2 Å². The van der Waals surface area contributed by atoms with Gasteiger partial charge in [-0.2, -0.15) is 0 Å². The van der Waals surface area contributed by atoms with E-state index in [1.54, 1.807) is 24.3 Å². The lowest BCUT2D eigenvalue weighted by Crippen LogP contribution is -2.33. The summed E-state index contributed by atoms with van der Waals surface area (Å²) >= 11 is 0. The van der Waals surface area contributed by atoms with Crippen LogP contribution in [-0.4, -0.2) is 25.2 Å². The van der Waals surface area contributed by atoms with Crippen molar-refractivity contribution in [3.63, 3.8) is 0 Å². The molecule has 2 atom stereocenters. The van der Waals surface area contributed by atoms with E-state index in [2.05, 4.69) is 27.7 Å². The quantitative estimate of drug-likeness (QED) is 0.556. The molecule has 4 heteroatoms. The third kappa shape index (κ3) is 6.22. The zero-order valence-corrected chi connectivity index (χ0v) is 17.1. The first-order valence-corrected chi connectivity index (χ1v) is 9.84. The number of ether oxygens (including phenoxy) is 2. The van der Waals surface area contributed by atoms with Gasteiger partial charge in [-0.1, -0.05) is 64.1 Å². The molecule has 0 N–H and O–H groups in total. The predicted molar refractivity (Wildman–Crippen MR) is 110 cm³/mol. The Balaban J connectivity index is 2.00. The van der Waals surface area contributed by atoms with Gasteiger partial charge >= 0.3 is 11.9 Å². The lowest BCUT2D eigenvalue weighted by Gasteiger charge is -2.32. The van der Waals surface area contributed by atoms with Crippen LogP contribution in [0, 0.1) is 23.7 Å². The molecule has 0 bridgehead atoms. The van der Waals surface area contributed by atoms with Gasteiger partial charge in [0.25, 0.3) is 0 Å². The van der Waals surface area contributed by atoms with Gasteiger partial charge in [0.05, 0.1) is 24.3 Å². The summed E-state index contributed by atoms with van der Waals surface area (Å²) in [5, 5.41) is 0. The standard InChI is InChI=1S/C24H30O4/c1-17(2)21(15-27-23(25)19-11-7-5-8-12-19)22(18(3)4)16-28-24(26)20-13-9-6-10-14-20/h5-14,17-18,21-22H,15-16H2,1-4H3. The summed E-state index contributed by atoms with van der Waals surface area (Å²) in [5.41, 5.74) is 1.09. The number of hydrogen-bond acceptors (Lipinski definition) is 4. The number of carbonyl (C=O) groups is 2. The summed E-state index contributed by atoms with van der Waals surface area (Å²) in [6.07, 6.45) is 0. The zero-order valence-electron chi connectivity index (χ0n) is 17.1. The molecule has 0 heterocycles. The molecule has 2 rings (SSSR count). The summed E-state index contributed by atoms with van der Waals surface area (Å²) < 4.78 is 11.2. The number of carbonyl (C=O) groups excluding carboxylic acids is 2. The van der Waals surface area contributed by atoms with Crippen LogP contribution in [0.4, 0.5) is 0 Å². The molecular formula is C24H30O4. The third-order valence-electron chi connectivity index (χ3n) is 5.10. The third-order valence-corrected chi connectivity index (χ3v) is 5.10. The highest BCUT2D eigenvalue weighted by Crippen LogP contribution is 2.29. The maximum Gasteiger partial charge on any atom is 0.338 e. The minimum absolute atomic E-state index is 0.0937. The molecule has 0 radical (unpaired) electrons. The number of rotatable bonds is 9. The minimum atomic E-state index is -0.324. The molecule has 0 fully saturated rings. The predicted octanol–water partition coefficient (Wildman–Crippen LogP) is 5.24. The molecule has 2 aromatic carbocycles. The van der Waals surface area contributed by atoms with E-state index in [1.807, 2.05) is 36.4 Å². The molecule has 28 heavy (non-hydrogen) atoms. The Hall–Kier alpha value is -2.62. The van der Waals surface area contributed by atoms with Gasteiger partial charge in [0.2, 0.25) is 0 Å². The van der Waals surface area contributed by atoms with E-state index in [0.717, 1.165) is 0 Å². The molecule has 2 unspecified atom stereocenters. The van der Waals surface area contributed by atoms with E-state index in [4.69, 9.17) is 9.47 Å². The van der Waals surface area contributed by atoms with Crippen LogP contribution < -0.4 is 0 Å². The second kappa shape index (κ2) is 10.6. The Bertz CT molecular complexity index is 672. The van der Waals surface area contributed by atoms with Gasteiger partial charge in [-0.3, -0.25) is 0 Å². The monoisotopic (exact) mass is 382 g/mol. The van der Waals surface area contributed by atoms with Crippen LogP contribution in [0.5, 0.6) is 0 Å². The first-order chi connectivity index (χ1) is 13.4. The van der Waals surface area contributed by atoms with Crippen LogP contribution in [0.3, 0.4) is 0 Å². The Morgan fingerprint density at radius 3 is 1.25 bits per heavy atom. The van der Waals surface area contributed by atoms with Crippen molar-refractivity contribution in [3.05, 3.63) is 71.8 Å². The molecule has 0 aliphatic rings. The first-order valence-electron chi connectivity index (χ1n) is 9.84. The van der Waals surface area contributed by atoms with Crippen LogP contribution in [0.15, 0.2) is 60.7 Å². The molecule has 0 aromatic heterocycles. The van der Waals surface area contributed by atoms with E-state index in [0.29, 0.717) is 24.3 Å². The molecule has 0 aliphatic heterocycles. The fraction of sp³-hybridized carbons (Fsp3) is 0.417. The van der Waals surface area contributed by atoms with E-state index in [9.17, 15) is 9.59 Å². The fourth-order valence-electron chi connectivity index (χ4n) is 3.28. The van der Waals surface area contributed by atoms with Crippen LogP contribution in [0.1, 0.15) is 48.4 Å². The molecule has 150 valence electrons. The summed E-state index contributed by atoms with van der Waals surface area (Å²) in [6.45, 7) is 9.03. The van der Waals surface area contributed by atoms with Crippen molar-refractivity contribution in [3.8, 4) is 0 Å². The summed E-state index contributed by atoms with van der Waals surface area (Å²) in [6, 6.07) is 18.0. The highest BCUT2D eigenvalue weighted by atomic mass is 16.5. The topological polar surface area (TPSA) is 52.6 Å². The lowest BCUT2D eigenvalue weighted by molar-refractivity contribution is 0.00523. The van der Waals surface area contributed by atoms with Crippen LogP contribution >= 0.6 is 0 Å². The van der Waals surface area contributed by atoms with E-state index in [1.165, 1.54) is 0 Å². The largest absolute Gasteiger partial charge is 0.462 e. The average Bonchev–Trinajstić information content (AvgIpc) is 2.70. The first kappa shape index (κ1) is 21.7. The number of esters is 2. The Morgan fingerprint density at radius 1 is 0.643 bits per heavy atom. The van der Waals surface area contributed by atoms with Gasteiger partial charge < -0.3 is 9.47 Å². The Labute approximate surface area is 167 Å². The maximum absolute atomic E-state index is 12.3. The fourth-order valence-corrected chi connectivity index (χ4v) is 3.28. The number of benzene rings is 2. The highest BCUT2D eigenvalue weighted by molar-refractivity contribution is 5.89. The SMILES string of the molecule is CC(C)C(COC(=O)c1ccccc1)C(COC(=O)c1ccccc1)C(C)C. The molecule has 0 saturated heterocycles. The second-order valence-corrected chi connectivity index (χ2v) is 7.74. The minimum Gasteiger partial charge on any atom is -0.462 e. The average molecular weight is 383 g/mol. The highest BCUT2D eigenvalue weighted by Gasteiger charge is 2.30. The molecule has 0 aliphatic carbocycles. The summed E-state index contributed by atoms with van der Waals surface area (Å²) in [7, 11) is 0. The van der Waals surface area contributed by atoms with Gasteiger partial charge in [-0.25, -0.2) is 9.59 Å². The Kier molecular flexibility index (Phi) is 8.24. The maximum atomic E-state index is 12.3. The zero-order chi connectivity index (χ0) is 20.5. The van der Waals surface area contributed by atoms with Gasteiger partial charge in [0.15, 0.2) is 0 Å². The normalized spacial score (nSPS) is 13.2. The molecule has 4 nitrogen and oxygen atoms in total. The van der Waals surface area contributed by atoms with Crippen molar-refractivity contribution in [2.45, 2.75) is 27.7 Å². The summed E-state index contributed by atoms with van der Waals surface area (Å²) in [4.78, 5) is 24.6. The second-order valence-electron chi connectivity index (χ2n) is 7.74. The lowest BCUT2D eigenvalue weighted by atomic mass is 9.78. The molecular weight excluding hydrogens is 352 g/mol. The van der Waals surface area contributed by atoms with Gasteiger partial charge in [0, 0.05) is 11.8 Å². The van der Waals surface area contributed by atoms with E-state index < -0.39 is 0 Å².